The van der Waals surface area contributed by atoms with Crippen LogP contribution >= 0.6 is 23.4 Å². The fraction of sp³-hybridized carbons (Fsp3) is 0.0588. The highest BCUT2D eigenvalue weighted by Crippen LogP contribution is 2.34. The lowest BCUT2D eigenvalue weighted by atomic mass is 10.2. The molecule has 0 aliphatic carbocycles. The summed E-state index contributed by atoms with van der Waals surface area (Å²) in [6.07, 6.45) is 1.64. The summed E-state index contributed by atoms with van der Waals surface area (Å²) < 4.78 is 0. The van der Waals surface area contributed by atoms with Gasteiger partial charge in [0.25, 0.3) is 11.1 Å². The summed E-state index contributed by atoms with van der Waals surface area (Å²) in [7, 11) is 0. The second-order valence-corrected chi connectivity index (χ2v) is 6.35. The number of aromatic hydroxyl groups is 1. The minimum Gasteiger partial charge on any atom is -0.508 e. The van der Waals surface area contributed by atoms with Crippen LogP contribution in [0.25, 0.3) is 6.08 Å². The number of phenols is 1. The molecule has 3 rings (SSSR count). The van der Waals surface area contributed by atoms with E-state index < -0.39 is 0 Å². The lowest BCUT2D eigenvalue weighted by Gasteiger charge is -2.13. The van der Waals surface area contributed by atoms with Gasteiger partial charge in [-0.3, -0.25) is 14.5 Å². The van der Waals surface area contributed by atoms with Crippen LogP contribution in [0.3, 0.4) is 0 Å². The third kappa shape index (κ3) is 3.41. The molecule has 1 aliphatic rings. The lowest BCUT2D eigenvalue weighted by molar-refractivity contribution is -0.123. The summed E-state index contributed by atoms with van der Waals surface area (Å²) in [5.74, 6) is -0.193. The molecule has 0 bridgehead atoms. The molecule has 23 heavy (non-hydrogen) atoms. The molecule has 0 unspecified atom stereocenters. The summed E-state index contributed by atoms with van der Waals surface area (Å²) >= 11 is 6.98. The Bertz CT molecular complexity index is 802. The summed E-state index contributed by atoms with van der Waals surface area (Å²) in [5.41, 5.74) is 1.47. The van der Waals surface area contributed by atoms with Gasteiger partial charge in [0.1, 0.15) is 5.75 Å². The summed E-state index contributed by atoms with van der Waals surface area (Å²) in [5, 5.41) is 9.48. The molecule has 0 spiro atoms. The van der Waals surface area contributed by atoms with Crippen molar-refractivity contribution < 1.29 is 14.7 Å². The number of imide groups is 1. The third-order valence-electron chi connectivity index (χ3n) is 3.35. The van der Waals surface area contributed by atoms with Gasteiger partial charge in [0.05, 0.1) is 11.4 Å². The Morgan fingerprint density at radius 1 is 1.09 bits per heavy atom. The van der Waals surface area contributed by atoms with E-state index in [2.05, 4.69) is 0 Å². The first-order chi connectivity index (χ1) is 11.0. The van der Waals surface area contributed by atoms with E-state index >= 15 is 0 Å². The Kier molecular flexibility index (Phi) is 4.41. The van der Waals surface area contributed by atoms with Crippen LogP contribution in [-0.4, -0.2) is 21.2 Å². The molecule has 1 aliphatic heterocycles. The van der Waals surface area contributed by atoms with Crippen molar-refractivity contribution in [3.05, 3.63) is 69.6 Å². The fourth-order valence-corrected chi connectivity index (χ4v) is 3.19. The molecule has 1 saturated heterocycles. The molecule has 1 N–H and O–H groups in total. The Balaban J connectivity index is 1.82. The van der Waals surface area contributed by atoms with Gasteiger partial charge in [-0.25, -0.2) is 0 Å². The minimum atomic E-state index is -0.340. The van der Waals surface area contributed by atoms with Crippen molar-refractivity contribution in [2.45, 2.75) is 6.54 Å². The number of halogens is 1. The van der Waals surface area contributed by atoms with Crippen LogP contribution in [-0.2, 0) is 11.3 Å². The molecule has 0 saturated carbocycles. The van der Waals surface area contributed by atoms with E-state index in [1.54, 1.807) is 36.4 Å². The molecule has 4 nitrogen and oxygen atoms in total. The first kappa shape index (κ1) is 15.6. The molecule has 2 amide bonds. The van der Waals surface area contributed by atoms with E-state index in [0.29, 0.717) is 9.93 Å². The number of nitrogens with zero attached hydrogens (tertiary/aromatic N) is 1. The van der Waals surface area contributed by atoms with Crippen molar-refractivity contribution in [3.8, 4) is 5.75 Å². The summed E-state index contributed by atoms with van der Waals surface area (Å²) in [4.78, 5) is 26.1. The molecular formula is C17H12ClNO3S. The minimum absolute atomic E-state index is 0.147. The number of carbonyl (C=O) groups excluding carboxylic acids is 2. The van der Waals surface area contributed by atoms with Gasteiger partial charge in [-0.2, -0.15) is 0 Å². The van der Waals surface area contributed by atoms with Crippen LogP contribution in [0.1, 0.15) is 11.1 Å². The van der Waals surface area contributed by atoms with Gasteiger partial charge < -0.3 is 5.11 Å². The second kappa shape index (κ2) is 6.48. The Hall–Kier alpha value is -2.24. The second-order valence-electron chi connectivity index (χ2n) is 4.95. The SMILES string of the molecule is O=C1S/C(=C\c2ccc(O)cc2)C(=O)N1Cc1ccccc1Cl. The van der Waals surface area contributed by atoms with Crippen molar-refractivity contribution in [2.75, 3.05) is 0 Å². The summed E-state index contributed by atoms with van der Waals surface area (Å²) in [6.45, 7) is 0.150. The van der Waals surface area contributed by atoms with Gasteiger partial charge in [-0.05, 0) is 47.2 Å². The standard InChI is InChI=1S/C17H12ClNO3S/c18-14-4-2-1-3-12(14)10-19-16(21)15(23-17(19)22)9-11-5-7-13(20)8-6-11/h1-9,20H,10H2/b15-9-. The predicted molar refractivity (Wildman–Crippen MR) is 91.1 cm³/mol. The smallest absolute Gasteiger partial charge is 0.293 e. The number of carbonyl (C=O) groups is 2. The maximum Gasteiger partial charge on any atom is 0.293 e. The van der Waals surface area contributed by atoms with Crippen molar-refractivity contribution in [2.24, 2.45) is 0 Å². The van der Waals surface area contributed by atoms with Crippen LogP contribution in [0.2, 0.25) is 5.02 Å². The number of amides is 2. The Morgan fingerprint density at radius 2 is 1.78 bits per heavy atom. The zero-order valence-corrected chi connectivity index (χ0v) is 13.5. The van der Waals surface area contributed by atoms with Crippen LogP contribution in [0.15, 0.2) is 53.4 Å². The first-order valence-electron chi connectivity index (χ1n) is 6.82. The van der Waals surface area contributed by atoms with E-state index in [-0.39, 0.29) is 23.4 Å². The largest absolute Gasteiger partial charge is 0.508 e. The molecule has 0 aromatic heterocycles. The molecule has 2 aromatic carbocycles. The molecule has 1 fully saturated rings. The third-order valence-corrected chi connectivity index (χ3v) is 4.63. The van der Waals surface area contributed by atoms with Crippen molar-refractivity contribution >= 4 is 40.6 Å². The topological polar surface area (TPSA) is 57.6 Å². The molecule has 2 aromatic rings. The van der Waals surface area contributed by atoms with Gasteiger partial charge >= 0.3 is 0 Å². The number of benzene rings is 2. The Morgan fingerprint density at radius 3 is 2.48 bits per heavy atom. The molecule has 116 valence electrons. The highest BCUT2D eigenvalue weighted by Gasteiger charge is 2.35. The van der Waals surface area contributed by atoms with Gasteiger partial charge in [0.2, 0.25) is 0 Å². The number of phenolic OH excluding ortho intramolecular Hbond substituents is 1. The van der Waals surface area contributed by atoms with Crippen molar-refractivity contribution in [1.29, 1.82) is 0 Å². The van der Waals surface area contributed by atoms with E-state index in [1.807, 2.05) is 6.07 Å². The maximum absolute atomic E-state index is 12.4. The van der Waals surface area contributed by atoms with E-state index in [1.165, 1.54) is 17.0 Å². The van der Waals surface area contributed by atoms with Crippen molar-refractivity contribution in [1.82, 2.24) is 4.90 Å². The maximum atomic E-state index is 12.4. The van der Waals surface area contributed by atoms with Crippen LogP contribution in [0.5, 0.6) is 5.75 Å². The highest BCUT2D eigenvalue weighted by molar-refractivity contribution is 8.18. The quantitative estimate of drug-likeness (QED) is 0.843. The zero-order chi connectivity index (χ0) is 16.4. The van der Waals surface area contributed by atoms with E-state index in [9.17, 15) is 14.7 Å². The van der Waals surface area contributed by atoms with Gasteiger partial charge in [-0.1, -0.05) is 41.9 Å². The lowest BCUT2D eigenvalue weighted by Crippen LogP contribution is -2.27. The monoisotopic (exact) mass is 345 g/mol. The van der Waals surface area contributed by atoms with Gasteiger partial charge in [0, 0.05) is 5.02 Å². The number of thioether (sulfide) groups is 1. The number of hydrogen-bond acceptors (Lipinski definition) is 4. The molecule has 0 radical (unpaired) electrons. The molecule has 1 heterocycles. The zero-order valence-electron chi connectivity index (χ0n) is 11.9. The van der Waals surface area contributed by atoms with Crippen molar-refractivity contribution in [3.63, 3.8) is 0 Å². The number of rotatable bonds is 3. The first-order valence-corrected chi connectivity index (χ1v) is 8.02. The summed E-state index contributed by atoms with van der Waals surface area (Å²) in [6, 6.07) is 13.5. The highest BCUT2D eigenvalue weighted by atomic mass is 35.5. The normalized spacial score (nSPS) is 16.4. The Labute approximate surface area is 142 Å². The molecule has 6 heteroatoms. The van der Waals surface area contributed by atoms with Gasteiger partial charge in [-0.15, -0.1) is 0 Å². The van der Waals surface area contributed by atoms with Crippen LogP contribution in [0.4, 0.5) is 4.79 Å². The van der Waals surface area contributed by atoms with Gasteiger partial charge in [0.15, 0.2) is 0 Å². The average Bonchev–Trinajstić information content (AvgIpc) is 2.79. The molecular weight excluding hydrogens is 334 g/mol. The predicted octanol–water partition coefficient (Wildman–Crippen LogP) is 4.28. The van der Waals surface area contributed by atoms with E-state index in [4.69, 9.17) is 11.6 Å². The average molecular weight is 346 g/mol. The van der Waals surface area contributed by atoms with Crippen LogP contribution < -0.4 is 0 Å². The fourth-order valence-electron chi connectivity index (χ4n) is 2.16. The van der Waals surface area contributed by atoms with Crippen LogP contribution in [0, 0.1) is 0 Å². The van der Waals surface area contributed by atoms with E-state index in [0.717, 1.165) is 22.9 Å². The number of hydrogen-bond donors (Lipinski definition) is 1. The molecule has 0 atom stereocenters.